The summed E-state index contributed by atoms with van der Waals surface area (Å²) in [5.41, 5.74) is 5.69. The molecule has 0 aliphatic carbocycles. The van der Waals surface area contributed by atoms with Crippen molar-refractivity contribution >= 4 is 5.97 Å². The molecule has 88 valence electrons. The van der Waals surface area contributed by atoms with Crippen LogP contribution in [0.4, 0.5) is 0 Å². The number of esters is 1. The fourth-order valence-electron chi connectivity index (χ4n) is 1.94. The van der Waals surface area contributed by atoms with Gasteiger partial charge in [0.15, 0.2) is 0 Å². The van der Waals surface area contributed by atoms with E-state index in [9.17, 15) is 4.79 Å². The van der Waals surface area contributed by atoms with Gasteiger partial charge >= 0.3 is 5.97 Å². The number of hydrogen-bond acceptors (Lipinski definition) is 5. The van der Waals surface area contributed by atoms with Crippen LogP contribution in [0.25, 0.3) is 0 Å². The van der Waals surface area contributed by atoms with Gasteiger partial charge in [-0.1, -0.05) is 0 Å². The van der Waals surface area contributed by atoms with Crippen LogP contribution < -0.4 is 5.73 Å². The normalized spacial score (nSPS) is 29.9. The summed E-state index contributed by atoms with van der Waals surface area (Å²) >= 11 is 0. The number of rotatable bonds is 3. The molecule has 1 saturated heterocycles. The van der Waals surface area contributed by atoms with Gasteiger partial charge in [0.1, 0.15) is 6.04 Å². The van der Waals surface area contributed by atoms with E-state index in [0.717, 1.165) is 13.1 Å². The highest BCUT2D eigenvalue weighted by molar-refractivity contribution is 5.75. The van der Waals surface area contributed by atoms with E-state index in [4.69, 9.17) is 10.5 Å². The minimum Gasteiger partial charge on any atom is -0.468 e. The monoisotopic (exact) mass is 216 g/mol. The molecule has 2 N–H and O–H groups in total. The number of carbonyl (C=O) groups excluding carboxylic acids is 1. The molecule has 1 heterocycles. The Kier molecular flexibility index (Phi) is 4.50. The fraction of sp³-hybridized carbons (Fsp3) is 0.900. The van der Waals surface area contributed by atoms with Gasteiger partial charge in [-0.25, -0.2) is 0 Å². The average molecular weight is 216 g/mol. The molecule has 0 amide bonds. The van der Waals surface area contributed by atoms with Crippen LogP contribution in [-0.4, -0.2) is 55.9 Å². The molecule has 0 spiro atoms. The van der Waals surface area contributed by atoms with Crippen molar-refractivity contribution in [1.82, 2.24) is 4.90 Å². The van der Waals surface area contributed by atoms with Crippen molar-refractivity contribution in [3.05, 3.63) is 0 Å². The summed E-state index contributed by atoms with van der Waals surface area (Å²) in [7, 11) is 1.35. The molecule has 5 nitrogen and oxygen atoms in total. The maximum Gasteiger partial charge on any atom is 0.323 e. The van der Waals surface area contributed by atoms with Crippen LogP contribution in [0.5, 0.6) is 0 Å². The number of nitrogens with zero attached hydrogens (tertiary/aromatic N) is 1. The summed E-state index contributed by atoms with van der Waals surface area (Å²) in [6, 6.07) is -0.563. The van der Waals surface area contributed by atoms with Crippen LogP contribution in [0, 0.1) is 0 Å². The van der Waals surface area contributed by atoms with Gasteiger partial charge in [-0.05, 0) is 13.8 Å². The fourth-order valence-corrected chi connectivity index (χ4v) is 1.94. The van der Waals surface area contributed by atoms with E-state index in [-0.39, 0.29) is 18.2 Å². The van der Waals surface area contributed by atoms with Gasteiger partial charge in [0.25, 0.3) is 0 Å². The first-order valence-electron chi connectivity index (χ1n) is 5.24. The zero-order chi connectivity index (χ0) is 11.4. The molecule has 0 radical (unpaired) electrons. The smallest absolute Gasteiger partial charge is 0.323 e. The molecule has 0 bridgehead atoms. The molecule has 1 aliphatic heterocycles. The lowest BCUT2D eigenvalue weighted by Crippen LogP contribution is -2.51. The van der Waals surface area contributed by atoms with Gasteiger partial charge in [-0.15, -0.1) is 0 Å². The number of ether oxygens (including phenoxy) is 2. The van der Waals surface area contributed by atoms with Crippen molar-refractivity contribution in [2.24, 2.45) is 5.73 Å². The maximum absolute atomic E-state index is 11.1. The average Bonchev–Trinajstić information content (AvgIpc) is 2.14. The Morgan fingerprint density at radius 3 is 2.53 bits per heavy atom. The second-order valence-electron chi connectivity index (χ2n) is 4.11. The zero-order valence-electron chi connectivity index (χ0n) is 9.60. The van der Waals surface area contributed by atoms with Crippen LogP contribution >= 0.6 is 0 Å². The number of methoxy groups -OCH3 is 1. The van der Waals surface area contributed by atoms with E-state index in [2.05, 4.69) is 9.64 Å². The highest BCUT2D eigenvalue weighted by Gasteiger charge is 2.25. The maximum atomic E-state index is 11.1. The van der Waals surface area contributed by atoms with Crippen LogP contribution in [0.3, 0.4) is 0 Å². The Hall–Kier alpha value is -0.650. The molecule has 3 unspecified atom stereocenters. The molecule has 15 heavy (non-hydrogen) atoms. The molecule has 0 aromatic rings. The van der Waals surface area contributed by atoms with E-state index in [1.54, 1.807) is 0 Å². The van der Waals surface area contributed by atoms with Crippen molar-refractivity contribution in [3.63, 3.8) is 0 Å². The highest BCUT2D eigenvalue weighted by Crippen LogP contribution is 2.10. The van der Waals surface area contributed by atoms with Gasteiger partial charge in [-0.2, -0.15) is 0 Å². The summed E-state index contributed by atoms with van der Waals surface area (Å²) in [6.45, 7) is 6.20. The first kappa shape index (κ1) is 12.4. The third kappa shape index (κ3) is 3.77. The van der Waals surface area contributed by atoms with Crippen molar-refractivity contribution in [3.8, 4) is 0 Å². The predicted molar refractivity (Wildman–Crippen MR) is 56.4 cm³/mol. The molecule has 1 aliphatic rings. The summed E-state index contributed by atoms with van der Waals surface area (Å²) in [6.07, 6.45) is 0.386. The summed E-state index contributed by atoms with van der Waals surface area (Å²) < 4.78 is 10.2. The Morgan fingerprint density at radius 2 is 2.07 bits per heavy atom. The predicted octanol–water partition coefficient (Wildman–Crippen LogP) is -0.404. The van der Waals surface area contributed by atoms with Crippen molar-refractivity contribution in [2.75, 3.05) is 26.7 Å². The lowest BCUT2D eigenvalue weighted by atomic mass is 10.2. The molecular formula is C10H20N2O3. The third-order valence-electron chi connectivity index (χ3n) is 2.45. The van der Waals surface area contributed by atoms with Gasteiger partial charge in [0, 0.05) is 19.6 Å². The zero-order valence-corrected chi connectivity index (χ0v) is 9.60. The Morgan fingerprint density at radius 1 is 1.53 bits per heavy atom. The Labute approximate surface area is 90.5 Å². The molecule has 3 atom stereocenters. The SMILES string of the molecule is COC(=O)C(N)CN1CC(C)OC(C)C1. The third-order valence-corrected chi connectivity index (χ3v) is 2.45. The number of hydrogen-bond donors (Lipinski definition) is 1. The number of carbonyl (C=O) groups is 1. The van der Waals surface area contributed by atoms with E-state index in [1.165, 1.54) is 7.11 Å². The van der Waals surface area contributed by atoms with Crippen LogP contribution in [-0.2, 0) is 14.3 Å². The van der Waals surface area contributed by atoms with E-state index in [0.29, 0.717) is 6.54 Å². The van der Waals surface area contributed by atoms with Crippen LogP contribution in [0.15, 0.2) is 0 Å². The van der Waals surface area contributed by atoms with Crippen LogP contribution in [0.1, 0.15) is 13.8 Å². The van der Waals surface area contributed by atoms with Gasteiger partial charge in [0.2, 0.25) is 0 Å². The number of morpholine rings is 1. The second kappa shape index (κ2) is 5.44. The minimum atomic E-state index is -0.563. The topological polar surface area (TPSA) is 64.8 Å². The summed E-state index contributed by atoms with van der Waals surface area (Å²) in [5, 5.41) is 0. The molecule has 1 rings (SSSR count). The van der Waals surface area contributed by atoms with E-state index in [1.807, 2.05) is 13.8 Å². The Bertz CT molecular complexity index is 213. The van der Waals surface area contributed by atoms with Gasteiger partial charge in [-0.3, -0.25) is 9.69 Å². The number of nitrogens with two attached hydrogens (primary N) is 1. The molecule has 0 aromatic heterocycles. The largest absolute Gasteiger partial charge is 0.468 e. The van der Waals surface area contributed by atoms with Gasteiger partial charge in [0.05, 0.1) is 19.3 Å². The first-order valence-corrected chi connectivity index (χ1v) is 5.24. The highest BCUT2D eigenvalue weighted by atomic mass is 16.5. The quantitative estimate of drug-likeness (QED) is 0.650. The van der Waals surface area contributed by atoms with Crippen molar-refractivity contribution in [2.45, 2.75) is 32.1 Å². The van der Waals surface area contributed by atoms with Crippen LogP contribution in [0.2, 0.25) is 0 Å². The lowest BCUT2D eigenvalue weighted by molar-refractivity contribution is -0.143. The summed E-state index contributed by atoms with van der Waals surface area (Å²) in [5.74, 6) is -0.359. The van der Waals surface area contributed by atoms with Crippen molar-refractivity contribution in [1.29, 1.82) is 0 Å². The van der Waals surface area contributed by atoms with Gasteiger partial charge < -0.3 is 15.2 Å². The first-order chi connectivity index (χ1) is 7.02. The van der Waals surface area contributed by atoms with Crippen molar-refractivity contribution < 1.29 is 14.3 Å². The molecule has 0 aromatic carbocycles. The minimum absolute atomic E-state index is 0.193. The standard InChI is InChI=1S/C10H20N2O3/c1-7-4-12(5-8(2)15-7)6-9(11)10(13)14-3/h7-9H,4-6,11H2,1-3H3. The molecule has 1 fully saturated rings. The Balaban J connectivity index is 2.40. The summed E-state index contributed by atoms with van der Waals surface area (Å²) in [4.78, 5) is 13.3. The molecule has 5 heteroatoms. The lowest BCUT2D eigenvalue weighted by Gasteiger charge is -2.36. The molecule has 0 saturated carbocycles. The molecular weight excluding hydrogens is 196 g/mol. The second-order valence-corrected chi connectivity index (χ2v) is 4.11. The van der Waals surface area contributed by atoms with E-state index >= 15 is 0 Å². The van der Waals surface area contributed by atoms with E-state index < -0.39 is 6.04 Å².